The van der Waals surface area contributed by atoms with Gasteiger partial charge in [-0.2, -0.15) is 0 Å². The highest BCUT2D eigenvalue weighted by Crippen LogP contribution is 2.31. The number of carbonyl (C=O) groups excluding carboxylic acids is 1. The van der Waals surface area contributed by atoms with Crippen LogP contribution in [-0.2, 0) is 27.5 Å². The molecule has 3 rings (SSSR count). The number of rotatable bonds is 7. The van der Waals surface area contributed by atoms with E-state index in [-0.39, 0.29) is 28.3 Å². The molecular formula is C24H23F2NO3S. The fraction of sp³-hybridized carbons (Fsp3) is 0.208. The van der Waals surface area contributed by atoms with E-state index >= 15 is 0 Å². The summed E-state index contributed by atoms with van der Waals surface area (Å²) in [5.74, 6) is -2.00. The summed E-state index contributed by atoms with van der Waals surface area (Å²) < 4.78 is 53.2. The van der Waals surface area contributed by atoms with Gasteiger partial charge in [0.1, 0.15) is 11.6 Å². The maximum Gasteiger partial charge on any atom is 0.228 e. The van der Waals surface area contributed by atoms with Crippen LogP contribution in [0, 0.1) is 11.6 Å². The van der Waals surface area contributed by atoms with Crippen LogP contribution in [0.15, 0.2) is 65.6 Å². The summed E-state index contributed by atoms with van der Waals surface area (Å²) in [6, 6.07) is 15.2. The van der Waals surface area contributed by atoms with Crippen LogP contribution in [0.1, 0.15) is 25.0 Å². The van der Waals surface area contributed by atoms with Crippen LogP contribution in [-0.4, -0.2) is 20.1 Å². The van der Waals surface area contributed by atoms with Crippen LogP contribution in [0.5, 0.6) is 0 Å². The molecule has 0 bridgehead atoms. The Morgan fingerprint density at radius 3 is 2.13 bits per heavy atom. The molecule has 0 aliphatic heterocycles. The van der Waals surface area contributed by atoms with Crippen LogP contribution < -0.4 is 5.32 Å². The SMILES string of the molecule is CCc1ccccc1-c1c(F)cc(NC(=O)Cc2ccc(S(=O)(=O)CC)cc2)cc1F. The van der Waals surface area contributed by atoms with Crippen molar-refractivity contribution in [3.05, 3.63) is 83.4 Å². The third-order valence-electron chi connectivity index (χ3n) is 5.02. The van der Waals surface area contributed by atoms with Gasteiger partial charge in [0.15, 0.2) is 9.84 Å². The standard InChI is InChI=1S/C24H23F2NO3S/c1-3-17-7-5-6-8-20(17)24-21(25)14-18(15-22(24)26)27-23(28)13-16-9-11-19(12-10-16)31(29,30)4-2/h5-12,14-15H,3-4,13H2,1-2H3,(H,27,28). The first-order valence-electron chi connectivity index (χ1n) is 9.94. The lowest BCUT2D eigenvalue weighted by molar-refractivity contribution is -0.115. The van der Waals surface area contributed by atoms with E-state index in [1.54, 1.807) is 31.2 Å². The molecule has 1 N–H and O–H groups in total. The normalized spacial score (nSPS) is 11.4. The maximum absolute atomic E-state index is 14.7. The zero-order valence-electron chi connectivity index (χ0n) is 17.3. The first-order valence-corrected chi connectivity index (χ1v) is 11.6. The van der Waals surface area contributed by atoms with Gasteiger partial charge in [0, 0.05) is 5.69 Å². The second-order valence-electron chi connectivity index (χ2n) is 7.10. The van der Waals surface area contributed by atoms with Crippen molar-refractivity contribution in [2.24, 2.45) is 0 Å². The fourth-order valence-electron chi connectivity index (χ4n) is 3.35. The Kier molecular flexibility index (Phi) is 6.85. The van der Waals surface area contributed by atoms with E-state index in [0.29, 0.717) is 17.5 Å². The van der Waals surface area contributed by atoms with E-state index < -0.39 is 27.4 Å². The Morgan fingerprint density at radius 1 is 0.935 bits per heavy atom. The predicted molar refractivity (Wildman–Crippen MR) is 118 cm³/mol. The smallest absolute Gasteiger partial charge is 0.228 e. The van der Waals surface area contributed by atoms with Crippen molar-refractivity contribution in [1.82, 2.24) is 0 Å². The highest BCUT2D eigenvalue weighted by atomic mass is 32.2. The van der Waals surface area contributed by atoms with Crippen molar-refractivity contribution in [2.75, 3.05) is 11.1 Å². The van der Waals surface area contributed by atoms with Crippen molar-refractivity contribution >= 4 is 21.4 Å². The molecule has 0 saturated carbocycles. The molecule has 7 heteroatoms. The lowest BCUT2D eigenvalue weighted by Crippen LogP contribution is -2.15. The van der Waals surface area contributed by atoms with E-state index in [4.69, 9.17) is 0 Å². The average Bonchev–Trinajstić information content (AvgIpc) is 2.74. The minimum atomic E-state index is -3.32. The number of carbonyl (C=O) groups is 1. The second kappa shape index (κ2) is 9.39. The summed E-state index contributed by atoms with van der Waals surface area (Å²) in [6.07, 6.45) is 0.571. The molecule has 3 aromatic rings. The van der Waals surface area contributed by atoms with E-state index in [2.05, 4.69) is 5.32 Å². The van der Waals surface area contributed by atoms with Crippen LogP contribution in [0.4, 0.5) is 14.5 Å². The molecular weight excluding hydrogens is 420 g/mol. The van der Waals surface area contributed by atoms with Gasteiger partial charge in [0.05, 0.1) is 22.6 Å². The molecule has 31 heavy (non-hydrogen) atoms. The molecule has 0 unspecified atom stereocenters. The van der Waals surface area contributed by atoms with Crippen molar-refractivity contribution < 1.29 is 22.0 Å². The Hall–Kier alpha value is -3.06. The number of sulfone groups is 1. The Balaban J connectivity index is 1.77. The van der Waals surface area contributed by atoms with Gasteiger partial charge in [-0.3, -0.25) is 4.79 Å². The van der Waals surface area contributed by atoms with Gasteiger partial charge >= 0.3 is 0 Å². The monoisotopic (exact) mass is 443 g/mol. The molecule has 1 amide bonds. The van der Waals surface area contributed by atoms with Crippen LogP contribution in [0.25, 0.3) is 11.1 Å². The number of nitrogens with one attached hydrogen (secondary N) is 1. The highest BCUT2D eigenvalue weighted by Gasteiger charge is 2.17. The largest absolute Gasteiger partial charge is 0.326 e. The summed E-state index contributed by atoms with van der Waals surface area (Å²) in [4.78, 5) is 12.5. The van der Waals surface area contributed by atoms with E-state index in [1.165, 1.54) is 12.1 Å². The van der Waals surface area contributed by atoms with Crippen LogP contribution >= 0.6 is 0 Å². The van der Waals surface area contributed by atoms with Gasteiger partial charge < -0.3 is 5.32 Å². The average molecular weight is 444 g/mol. The lowest BCUT2D eigenvalue weighted by atomic mass is 9.97. The minimum Gasteiger partial charge on any atom is -0.326 e. The zero-order valence-corrected chi connectivity index (χ0v) is 18.1. The molecule has 0 fully saturated rings. The van der Waals surface area contributed by atoms with Crippen LogP contribution in [0.3, 0.4) is 0 Å². The van der Waals surface area contributed by atoms with Gasteiger partial charge in [-0.25, -0.2) is 17.2 Å². The first kappa shape index (κ1) is 22.6. The van der Waals surface area contributed by atoms with E-state index in [0.717, 1.165) is 17.7 Å². The van der Waals surface area contributed by atoms with Crippen molar-refractivity contribution in [3.8, 4) is 11.1 Å². The van der Waals surface area contributed by atoms with E-state index in [9.17, 15) is 22.0 Å². The summed E-state index contributed by atoms with van der Waals surface area (Å²) in [7, 11) is -3.32. The number of aryl methyl sites for hydroxylation is 1. The second-order valence-corrected chi connectivity index (χ2v) is 9.38. The fourth-order valence-corrected chi connectivity index (χ4v) is 4.23. The number of anilines is 1. The summed E-state index contributed by atoms with van der Waals surface area (Å²) in [5, 5.41) is 2.50. The Labute approximate surface area is 180 Å². The Bertz CT molecular complexity index is 1180. The molecule has 3 aromatic carbocycles. The number of hydrogen-bond acceptors (Lipinski definition) is 3. The number of hydrogen-bond donors (Lipinski definition) is 1. The van der Waals surface area contributed by atoms with Gasteiger partial charge in [-0.05, 0) is 47.4 Å². The van der Waals surface area contributed by atoms with E-state index in [1.807, 2.05) is 19.1 Å². The molecule has 0 spiro atoms. The summed E-state index contributed by atoms with van der Waals surface area (Å²) in [6.45, 7) is 3.47. The number of benzene rings is 3. The first-order chi connectivity index (χ1) is 14.7. The lowest BCUT2D eigenvalue weighted by Gasteiger charge is -2.12. The van der Waals surface area contributed by atoms with Crippen molar-refractivity contribution in [2.45, 2.75) is 31.6 Å². The molecule has 4 nitrogen and oxygen atoms in total. The minimum absolute atomic E-state index is 0.0112. The molecule has 0 aliphatic carbocycles. The molecule has 162 valence electrons. The van der Waals surface area contributed by atoms with Crippen molar-refractivity contribution in [1.29, 1.82) is 0 Å². The molecule has 0 saturated heterocycles. The topological polar surface area (TPSA) is 63.2 Å². The molecule has 0 radical (unpaired) electrons. The molecule has 0 atom stereocenters. The molecule has 0 aliphatic rings. The zero-order chi connectivity index (χ0) is 22.6. The number of amides is 1. The van der Waals surface area contributed by atoms with Gasteiger partial charge in [-0.15, -0.1) is 0 Å². The highest BCUT2D eigenvalue weighted by molar-refractivity contribution is 7.91. The van der Waals surface area contributed by atoms with Gasteiger partial charge in [0.25, 0.3) is 0 Å². The van der Waals surface area contributed by atoms with Gasteiger partial charge in [0.2, 0.25) is 5.91 Å². The summed E-state index contributed by atoms with van der Waals surface area (Å²) >= 11 is 0. The van der Waals surface area contributed by atoms with Gasteiger partial charge in [-0.1, -0.05) is 50.2 Å². The third kappa shape index (κ3) is 5.17. The van der Waals surface area contributed by atoms with Crippen molar-refractivity contribution in [3.63, 3.8) is 0 Å². The Morgan fingerprint density at radius 2 is 1.55 bits per heavy atom. The maximum atomic E-state index is 14.7. The van der Waals surface area contributed by atoms with Crippen LogP contribution in [0.2, 0.25) is 0 Å². The predicted octanol–water partition coefficient (Wildman–Crippen LogP) is 5.17. The molecule has 0 heterocycles. The number of halogens is 2. The summed E-state index contributed by atoms with van der Waals surface area (Å²) in [5.41, 5.74) is 1.79. The molecule has 0 aromatic heterocycles. The quantitative estimate of drug-likeness (QED) is 0.548. The third-order valence-corrected chi connectivity index (χ3v) is 6.77.